The molecule has 0 spiro atoms. The van der Waals surface area contributed by atoms with E-state index in [0.717, 1.165) is 57.2 Å². The molecule has 0 fully saturated rings. The molecule has 0 amide bonds. The van der Waals surface area contributed by atoms with E-state index < -0.39 is 0 Å². The standard InChI is InChI=1S/C22H26N4O2/c27-22-10-9-16(24-20(22)14-23-28)6-2-1-5-12-26-13-11-18-17-7-3-4-8-19(17)25-21(18)15-26/h3-4,7-10,14,25,27-28H,1-2,5-6,11-13,15H2/b23-14+. The van der Waals surface area contributed by atoms with E-state index in [9.17, 15) is 5.11 Å². The molecular weight excluding hydrogens is 352 g/mol. The Morgan fingerprint density at radius 3 is 2.93 bits per heavy atom. The summed E-state index contributed by atoms with van der Waals surface area (Å²) >= 11 is 0. The number of aromatic hydroxyl groups is 1. The molecule has 3 aromatic rings. The van der Waals surface area contributed by atoms with Gasteiger partial charge in [-0.25, -0.2) is 4.98 Å². The highest BCUT2D eigenvalue weighted by Gasteiger charge is 2.19. The lowest BCUT2D eigenvalue weighted by Crippen LogP contribution is -2.31. The molecule has 2 aromatic heterocycles. The number of rotatable bonds is 7. The maximum atomic E-state index is 9.66. The minimum Gasteiger partial charge on any atom is -0.506 e. The number of nitrogens with zero attached hydrogens (tertiary/aromatic N) is 3. The molecular formula is C22H26N4O2. The van der Waals surface area contributed by atoms with Gasteiger partial charge in [-0.15, -0.1) is 0 Å². The Bertz CT molecular complexity index is 980. The number of unbranched alkanes of at least 4 members (excludes halogenated alkanes) is 2. The zero-order valence-corrected chi connectivity index (χ0v) is 15.9. The van der Waals surface area contributed by atoms with E-state index in [1.807, 2.05) is 6.07 Å². The number of hydrogen-bond acceptors (Lipinski definition) is 5. The van der Waals surface area contributed by atoms with Crippen molar-refractivity contribution in [3.05, 3.63) is 59.0 Å². The summed E-state index contributed by atoms with van der Waals surface area (Å²) in [5.41, 5.74) is 5.34. The molecule has 0 saturated carbocycles. The summed E-state index contributed by atoms with van der Waals surface area (Å²) in [6, 6.07) is 12.0. The lowest BCUT2D eigenvalue weighted by molar-refractivity contribution is 0.246. The van der Waals surface area contributed by atoms with Gasteiger partial charge in [-0.05, 0) is 56.0 Å². The van der Waals surface area contributed by atoms with Crippen molar-refractivity contribution in [2.45, 2.75) is 38.6 Å². The molecule has 3 N–H and O–H groups in total. The number of para-hydroxylation sites is 1. The van der Waals surface area contributed by atoms with Crippen LogP contribution in [0.5, 0.6) is 5.75 Å². The van der Waals surface area contributed by atoms with Gasteiger partial charge in [0.1, 0.15) is 11.4 Å². The summed E-state index contributed by atoms with van der Waals surface area (Å²) in [5.74, 6) is 0.0306. The van der Waals surface area contributed by atoms with Crippen LogP contribution in [0.15, 0.2) is 41.6 Å². The predicted molar refractivity (Wildman–Crippen MR) is 110 cm³/mol. The molecule has 146 valence electrons. The molecule has 0 atom stereocenters. The fourth-order valence-corrected chi connectivity index (χ4v) is 4.06. The highest BCUT2D eigenvalue weighted by atomic mass is 16.4. The van der Waals surface area contributed by atoms with E-state index >= 15 is 0 Å². The first-order chi connectivity index (χ1) is 13.7. The largest absolute Gasteiger partial charge is 0.506 e. The van der Waals surface area contributed by atoms with Crippen molar-refractivity contribution in [1.82, 2.24) is 14.9 Å². The molecule has 28 heavy (non-hydrogen) atoms. The maximum Gasteiger partial charge on any atom is 0.142 e. The van der Waals surface area contributed by atoms with Gasteiger partial charge < -0.3 is 15.3 Å². The van der Waals surface area contributed by atoms with Crippen molar-refractivity contribution in [3.8, 4) is 5.75 Å². The van der Waals surface area contributed by atoms with Crippen molar-refractivity contribution >= 4 is 17.1 Å². The zero-order chi connectivity index (χ0) is 19.3. The number of H-pyrrole nitrogens is 1. The van der Waals surface area contributed by atoms with Crippen LogP contribution < -0.4 is 0 Å². The Morgan fingerprint density at radius 2 is 2.04 bits per heavy atom. The Kier molecular flexibility index (Phi) is 5.58. The Morgan fingerprint density at radius 1 is 1.14 bits per heavy atom. The van der Waals surface area contributed by atoms with E-state index in [1.165, 1.54) is 28.6 Å². The smallest absolute Gasteiger partial charge is 0.142 e. The number of oxime groups is 1. The van der Waals surface area contributed by atoms with Crippen LogP contribution in [0.4, 0.5) is 0 Å². The number of benzene rings is 1. The number of fused-ring (bicyclic) bond motifs is 3. The molecule has 1 aliphatic rings. The van der Waals surface area contributed by atoms with E-state index in [0.29, 0.717) is 5.69 Å². The van der Waals surface area contributed by atoms with Gasteiger partial charge >= 0.3 is 0 Å². The third-order valence-corrected chi connectivity index (χ3v) is 5.51. The molecule has 4 rings (SSSR count). The molecule has 3 heterocycles. The average molecular weight is 378 g/mol. The van der Waals surface area contributed by atoms with Gasteiger partial charge in [-0.1, -0.05) is 29.8 Å². The van der Waals surface area contributed by atoms with Crippen LogP contribution in [0.3, 0.4) is 0 Å². The van der Waals surface area contributed by atoms with Gasteiger partial charge in [-0.3, -0.25) is 4.90 Å². The van der Waals surface area contributed by atoms with Crippen molar-refractivity contribution in [3.63, 3.8) is 0 Å². The van der Waals surface area contributed by atoms with Crippen LogP contribution in [-0.2, 0) is 19.4 Å². The summed E-state index contributed by atoms with van der Waals surface area (Å²) in [7, 11) is 0. The molecule has 6 nitrogen and oxygen atoms in total. The highest BCUT2D eigenvalue weighted by Crippen LogP contribution is 2.27. The minimum absolute atomic E-state index is 0.0306. The van der Waals surface area contributed by atoms with Crippen LogP contribution in [0.1, 0.15) is 41.9 Å². The van der Waals surface area contributed by atoms with Crippen LogP contribution in [0, 0.1) is 0 Å². The first-order valence-corrected chi connectivity index (χ1v) is 9.92. The van der Waals surface area contributed by atoms with Gasteiger partial charge in [0.15, 0.2) is 0 Å². The van der Waals surface area contributed by atoms with Crippen molar-refractivity contribution in [2.24, 2.45) is 5.16 Å². The third-order valence-electron chi connectivity index (χ3n) is 5.51. The molecule has 0 saturated heterocycles. The van der Waals surface area contributed by atoms with Gasteiger partial charge in [0, 0.05) is 35.4 Å². The Hall–Kier alpha value is -2.86. The maximum absolute atomic E-state index is 9.66. The van der Waals surface area contributed by atoms with Crippen LogP contribution >= 0.6 is 0 Å². The third kappa shape index (κ3) is 4.02. The van der Waals surface area contributed by atoms with Crippen LogP contribution in [0.2, 0.25) is 0 Å². The van der Waals surface area contributed by atoms with Crippen molar-refractivity contribution in [1.29, 1.82) is 0 Å². The second-order valence-corrected chi connectivity index (χ2v) is 7.42. The molecule has 1 aromatic carbocycles. The molecule has 0 radical (unpaired) electrons. The first kappa shape index (κ1) is 18.5. The summed E-state index contributed by atoms with van der Waals surface area (Å²) in [6.45, 7) is 3.24. The summed E-state index contributed by atoms with van der Waals surface area (Å²) in [4.78, 5) is 10.4. The van der Waals surface area contributed by atoms with Gasteiger partial charge in [-0.2, -0.15) is 0 Å². The van der Waals surface area contributed by atoms with Gasteiger partial charge in [0.2, 0.25) is 0 Å². The number of aromatic amines is 1. The van der Waals surface area contributed by atoms with E-state index in [1.54, 1.807) is 6.07 Å². The lowest BCUT2D eigenvalue weighted by atomic mass is 10.0. The normalized spacial score (nSPS) is 14.7. The average Bonchev–Trinajstić information content (AvgIpc) is 3.08. The van der Waals surface area contributed by atoms with Crippen LogP contribution in [-0.4, -0.2) is 44.5 Å². The molecule has 1 aliphatic heterocycles. The molecule has 0 bridgehead atoms. The Balaban J connectivity index is 1.24. The number of pyridine rings is 1. The monoisotopic (exact) mass is 378 g/mol. The minimum atomic E-state index is 0.0306. The highest BCUT2D eigenvalue weighted by molar-refractivity contribution is 5.84. The fraction of sp³-hybridized carbons (Fsp3) is 0.364. The number of nitrogens with one attached hydrogen (secondary N) is 1. The van der Waals surface area contributed by atoms with Gasteiger partial charge in [0.25, 0.3) is 0 Å². The number of aryl methyl sites for hydroxylation is 1. The SMILES string of the molecule is O/N=C/c1nc(CCCCCN2CCc3c([nH]c4ccccc34)C2)ccc1O. The molecule has 0 unspecified atom stereocenters. The predicted octanol–water partition coefficient (Wildman–Crippen LogP) is 3.85. The molecule has 6 heteroatoms. The first-order valence-electron chi connectivity index (χ1n) is 9.92. The fourth-order valence-electron chi connectivity index (χ4n) is 4.06. The molecule has 0 aliphatic carbocycles. The topological polar surface area (TPSA) is 84.7 Å². The number of aromatic nitrogens is 2. The quantitative estimate of drug-likeness (QED) is 0.252. The summed E-state index contributed by atoms with van der Waals surface area (Å²) < 4.78 is 0. The Labute approximate surface area is 164 Å². The zero-order valence-electron chi connectivity index (χ0n) is 15.9. The van der Waals surface area contributed by atoms with E-state index in [4.69, 9.17) is 5.21 Å². The second kappa shape index (κ2) is 8.44. The summed E-state index contributed by atoms with van der Waals surface area (Å²) in [6.07, 6.45) is 6.50. The van der Waals surface area contributed by atoms with Gasteiger partial charge in [0.05, 0.1) is 6.21 Å². The second-order valence-electron chi connectivity index (χ2n) is 7.42. The lowest BCUT2D eigenvalue weighted by Gasteiger charge is -2.26. The van der Waals surface area contributed by atoms with Crippen LogP contribution in [0.25, 0.3) is 10.9 Å². The van der Waals surface area contributed by atoms with E-state index in [2.05, 4.69) is 44.3 Å². The number of hydrogen-bond donors (Lipinski definition) is 3. The van der Waals surface area contributed by atoms with E-state index in [-0.39, 0.29) is 5.75 Å². The van der Waals surface area contributed by atoms with Crippen molar-refractivity contribution < 1.29 is 10.3 Å². The van der Waals surface area contributed by atoms with Crippen molar-refractivity contribution in [2.75, 3.05) is 13.1 Å². The summed E-state index contributed by atoms with van der Waals surface area (Å²) in [5, 5.41) is 22.6.